The summed E-state index contributed by atoms with van der Waals surface area (Å²) in [5.41, 5.74) is 5.31. The highest BCUT2D eigenvalue weighted by atomic mass is 16.6. The molecule has 13 heavy (non-hydrogen) atoms. The minimum atomic E-state index is -0.618. The molecule has 0 heterocycles. The highest BCUT2D eigenvalue weighted by Gasteiger charge is 2.17. The molecule has 5 nitrogen and oxygen atoms in total. The molecular weight excluding hydrogens is 172 g/mol. The molecule has 0 radical (unpaired) electrons. The Balaban J connectivity index is 3.43. The molecule has 0 amide bonds. The number of anilines is 1. The topological polar surface area (TPSA) is 89.4 Å². The number of aliphatic hydroxyl groups is 1. The van der Waals surface area contributed by atoms with Crippen molar-refractivity contribution < 1.29 is 10.0 Å². The summed E-state index contributed by atoms with van der Waals surface area (Å²) in [4.78, 5) is 9.86. The fourth-order valence-electron chi connectivity index (χ4n) is 1.02. The van der Waals surface area contributed by atoms with Crippen LogP contribution in [-0.4, -0.2) is 10.0 Å². The molecule has 0 aliphatic carbocycles. The number of nitrogens with zero attached hydrogens (tertiary/aromatic N) is 1. The molecule has 0 atom stereocenters. The number of nitro benzene ring substituents is 1. The second-order valence-corrected chi connectivity index (χ2v) is 2.45. The van der Waals surface area contributed by atoms with Gasteiger partial charge in [0.1, 0.15) is 11.3 Å². The number of nitrogens with two attached hydrogens (primary N) is 1. The van der Waals surface area contributed by atoms with Crippen molar-refractivity contribution in [3.63, 3.8) is 0 Å². The van der Waals surface area contributed by atoms with E-state index in [1.165, 1.54) is 18.2 Å². The van der Waals surface area contributed by atoms with E-state index in [-0.39, 0.29) is 16.9 Å². The minimum absolute atomic E-state index is 0.0208. The van der Waals surface area contributed by atoms with Gasteiger partial charge in [-0.25, -0.2) is 0 Å². The van der Waals surface area contributed by atoms with Crippen LogP contribution < -0.4 is 5.73 Å². The smallest absolute Gasteiger partial charge is 0.282 e. The Kier molecular flexibility index (Phi) is 2.19. The Morgan fingerprint density at radius 3 is 2.62 bits per heavy atom. The Hall–Kier alpha value is -2.04. The molecule has 0 aromatic heterocycles. The maximum Gasteiger partial charge on any atom is 0.282 e. The van der Waals surface area contributed by atoms with E-state index in [0.717, 1.165) is 0 Å². The van der Waals surface area contributed by atoms with Crippen LogP contribution in [0.2, 0.25) is 0 Å². The van der Waals surface area contributed by atoms with Gasteiger partial charge in [-0.3, -0.25) is 10.1 Å². The van der Waals surface area contributed by atoms with Gasteiger partial charge in [0.2, 0.25) is 0 Å². The molecule has 68 valence electrons. The van der Waals surface area contributed by atoms with Crippen LogP contribution in [-0.2, 0) is 0 Å². The summed E-state index contributed by atoms with van der Waals surface area (Å²) in [7, 11) is 0. The lowest BCUT2D eigenvalue weighted by Gasteiger charge is -2.03. The van der Waals surface area contributed by atoms with E-state index in [4.69, 9.17) is 10.8 Å². The quantitative estimate of drug-likeness (QED) is 0.313. The average Bonchev–Trinajstić information content (AvgIpc) is 2.02. The molecule has 5 heteroatoms. The zero-order chi connectivity index (χ0) is 10.0. The Morgan fingerprint density at radius 2 is 2.23 bits per heavy atom. The predicted octanol–water partition coefficient (Wildman–Crippen LogP) is 1.71. The molecule has 1 rings (SSSR count). The molecule has 1 aromatic carbocycles. The van der Waals surface area contributed by atoms with Crippen molar-refractivity contribution in [3.8, 4) is 0 Å². The van der Waals surface area contributed by atoms with E-state index in [1.54, 1.807) is 0 Å². The van der Waals surface area contributed by atoms with Gasteiger partial charge in [0.05, 0.1) is 4.92 Å². The SMILES string of the molecule is C=C(O)c1c(N)cccc1[N+](=O)[O-]. The molecule has 0 spiro atoms. The van der Waals surface area contributed by atoms with Crippen molar-refractivity contribution >= 4 is 17.1 Å². The molecule has 0 bridgehead atoms. The van der Waals surface area contributed by atoms with Gasteiger partial charge in [-0.2, -0.15) is 0 Å². The third-order valence-electron chi connectivity index (χ3n) is 1.56. The molecule has 0 saturated heterocycles. The third kappa shape index (κ3) is 1.58. The van der Waals surface area contributed by atoms with Crippen molar-refractivity contribution in [1.82, 2.24) is 0 Å². The van der Waals surface area contributed by atoms with Crippen LogP contribution in [0.15, 0.2) is 24.8 Å². The lowest BCUT2D eigenvalue weighted by atomic mass is 10.1. The van der Waals surface area contributed by atoms with Crippen LogP contribution in [0, 0.1) is 10.1 Å². The summed E-state index contributed by atoms with van der Waals surface area (Å²) < 4.78 is 0. The first-order valence-electron chi connectivity index (χ1n) is 3.45. The average molecular weight is 180 g/mol. The van der Waals surface area contributed by atoms with Crippen molar-refractivity contribution in [1.29, 1.82) is 0 Å². The van der Waals surface area contributed by atoms with E-state index < -0.39 is 10.7 Å². The summed E-state index contributed by atoms with van der Waals surface area (Å²) in [5.74, 6) is -0.398. The number of hydrogen-bond acceptors (Lipinski definition) is 4. The Bertz CT molecular complexity index is 374. The molecule has 0 unspecified atom stereocenters. The number of aliphatic hydroxyl groups excluding tert-OH is 1. The van der Waals surface area contributed by atoms with Gasteiger partial charge < -0.3 is 10.8 Å². The van der Waals surface area contributed by atoms with Crippen molar-refractivity contribution in [2.75, 3.05) is 5.73 Å². The lowest BCUT2D eigenvalue weighted by molar-refractivity contribution is -0.385. The molecule has 0 aliphatic heterocycles. The van der Waals surface area contributed by atoms with Crippen LogP contribution in [0.25, 0.3) is 5.76 Å². The van der Waals surface area contributed by atoms with Gasteiger partial charge in [0, 0.05) is 11.8 Å². The molecule has 0 fully saturated rings. The van der Waals surface area contributed by atoms with Gasteiger partial charge in [-0.15, -0.1) is 0 Å². The van der Waals surface area contributed by atoms with Gasteiger partial charge >= 0.3 is 0 Å². The monoisotopic (exact) mass is 180 g/mol. The van der Waals surface area contributed by atoms with Gasteiger partial charge in [-0.05, 0) is 6.07 Å². The largest absolute Gasteiger partial charge is 0.508 e. The fraction of sp³-hybridized carbons (Fsp3) is 0. The third-order valence-corrected chi connectivity index (χ3v) is 1.56. The van der Waals surface area contributed by atoms with Crippen LogP contribution >= 0.6 is 0 Å². The molecule has 0 aliphatic rings. The number of hydrogen-bond donors (Lipinski definition) is 2. The molecule has 1 aromatic rings. The Labute approximate surface area is 74.3 Å². The number of benzene rings is 1. The number of rotatable bonds is 2. The summed E-state index contributed by atoms with van der Waals surface area (Å²) in [6.07, 6.45) is 0. The predicted molar refractivity (Wildman–Crippen MR) is 49.2 cm³/mol. The zero-order valence-electron chi connectivity index (χ0n) is 6.73. The minimum Gasteiger partial charge on any atom is -0.508 e. The first kappa shape index (κ1) is 9.05. The summed E-state index contributed by atoms with van der Waals surface area (Å²) in [6, 6.07) is 4.16. The van der Waals surface area contributed by atoms with Gasteiger partial charge in [0.15, 0.2) is 0 Å². The van der Waals surface area contributed by atoms with E-state index >= 15 is 0 Å². The summed E-state index contributed by atoms with van der Waals surface area (Å²) in [5, 5.41) is 19.5. The van der Waals surface area contributed by atoms with E-state index in [9.17, 15) is 10.1 Å². The normalized spacial score (nSPS) is 9.54. The van der Waals surface area contributed by atoms with Gasteiger partial charge in [0.25, 0.3) is 5.69 Å². The van der Waals surface area contributed by atoms with Crippen molar-refractivity contribution in [3.05, 3.63) is 40.5 Å². The molecule has 0 saturated carbocycles. The standard InChI is InChI=1S/C8H8N2O3/c1-5(11)8-6(9)3-2-4-7(8)10(12)13/h2-4,11H,1,9H2. The van der Waals surface area contributed by atoms with Crippen LogP contribution in [0.3, 0.4) is 0 Å². The highest BCUT2D eigenvalue weighted by Crippen LogP contribution is 2.28. The molecule has 3 N–H and O–H groups in total. The number of nitrogen functional groups attached to an aromatic ring is 1. The number of nitro groups is 1. The maximum atomic E-state index is 10.5. The maximum absolute atomic E-state index is 10.5. The van der Waals surface area contributed by atoms with Crippen LogP contribution in [0.5, 0.6) is 0 Å². The first-order valence-corrected chi connectivity index (χ1v) is 3.45. The van der Waals surface area contributed by atoms with Gasteiger partial charge in [-0.1, -0.05) is 12.6 Å². The van der Waals surface area contributed by atoms with E-state index in [1.807, 2.05) is 0 Å². The second-order valence-electron chi connectivity index (χ2n) is 2.45. The second kappa shape index (κ2) is 3.14. The zero-order valence-corrected chi connectivity index (χ0v) is 6.73. The van der Waals surface area contributed by atoms with E-state index in [0.29, 0.717) is 0 Å². The first-order chi connectivity index (χ1) is 6.04. The van der Waals surface area contributed by atoms with Crippen LogP contribution in [0.1, 0.15) is 5.56 Å². The molecular formula is C8H8N2O3. The Morgan fingerprint density at radius 1 is 1.62 bits per heavy atom. The van der Waals surface area contributed by atoms with Crippen molar-refractivity contribution in [2.24, 2.45) is 0 Å². The summed E-state index contributed by atoms with van der Waals surface area (Å²) in [6.45, 7) is 3.20. The fourth-order valence-corrected chi connectivity index (χ4v) is 1.02. The highest BCUT2D eigenvalue weighted by molar-refractivity contribution is 5.76. The van der Waals surface area contributed by atoms with Crippen LogP contribution in [0.4, 0.5) is 11.4 Å². The summed E-state index contributed by atoms with van der Waals surface area (Å²) >= 11 is 0. The lowest BCUT2D eigenvalue weighted by Crippen LogP contribution is -1.99. The van der Waals surface area contributed by atoms with Crippen molar-refractivity contribution in [2.45, 2.75) is 0 Å². The van der Waals surface area contributed by atoms with E-state index in [2.05, 4.69) is 6.58 Å².